The van der Waals surface area contributed by atoms with Crippen LogP contribution in [0.5, 0.6) is 0 Å². The van der Waals surface area contributed by atoms with Crippen LogP contribution in [0.2, 0.25) is 0 Å². The Morgan fingerprint density at radius 1 is 0.486 bits per heavy atom. The number of hydrogen-bond acceptors (Lipinski definition) is 0. The second-order valence-electron chi connectivity index (χ2n) is 12.2. The van der Waals surface area contributed by atoms with Gasteiger partial charge in [0, 0.05) is 0 Å². The number of H-pyrrole nitrogens is 1. The summed E-state index contributed by atoms with van der Waals surface area (Å²) in [7, 11) is 2.21. The van der Waals surface area contributed by atoms with Gasteiger partial charge in [-0.05, 0) is 12.8 Å². The van der Waals surface area contributed by atoms with Crippen molar-refractivity contribution < 1.29 is 4.57 Å². The van der Waals surface area contributed by atoms with Crippen molar-refractivity contribution in [1.29, 1.82) is 0 Å². The highest BCUT2D eigenvalue weighted by Crippen LogP contribution is 2.26. The van der Waals surface area contributed by atoms with Crippen molar-refractivity contribution in [3.05, 3.63) is 18.2 Å². The first-order chi connectivity index (χ1) is 18.3. The molecule has 1 rings (SSSR count). The van der Waals surface area contributed by atoms with E-state index in [-0.39, 0.29) is 0 Å². The molecule has 0 aliphatic carbocycles. The van der Waals surface area contributed by atoms with Gasteiger partial charge in [0.05, 0.1) is 13.0 Å². The number of nitrogens with one attached hydrogen (secondary N) is 1. The Hall–Kier alpha value is -0.790. The summed E-state index contributed by atoms with van der Waals surface area (Å²) in [4.78, 5) is 3.56. The molecule has 2 nitrogen and oxygen atoms in total. The summed E-state index contributed by atoms with van der Waals surface area (Å²) in [5.74, 6) is 2.18. The van der Waals surface area contributed by atoms with Crippen LogP contribution in [0.1, 0.15) is 205 Å². The van der Waals surface area contributed by atoms with Gasteiger partial charge in [-0.25, -0.2) is 9.55 Å². The van der Waals surface area contributed by atoms with Crippen molar-refractivity contribution in [3.8, 4) is 0 Å². The maximum Gasteiger partial charge on any atom is 0.257 e. The highest BCUT2D eigenvalue weighted by molar-refractivity contribution is 4.89. The normalized spacial score (nSPS) is 12.4. The van der Waals surface area contributed by atoms with Gasteiger partial charge in [-0.2, -0.15) is 0 Å². The monoisotopic (exact) mass is 518 g/mol. The van der Waals surface area contributed by atoms with E-state index < -0.39 is 0 Å². The minimum Gasteiger partial charge on any atom is -0.247 e. The minimum absolute atomic E-state index is 0.723. The molecule has 0 bridgehead atoms. The van der Waals surface area contributed by atoms with E-state index in [0.717, 1.165) is 5.92 Å². The first-order valence-corrected chi connectivity index (χ1v) is 17.3. The summed E-state index contributed by atoms with van der Waals surface area (Å²) >= 11 is 0. The van der Waals surface area contributed by atoms with Gasteiger partial charge in [0.25, 0.3) is 5.82 Å². The van der Waals surface area contributed by atoms with Gasteiger partial charge in [0.2, 0.25) is 0 Å². The van der Waals surface area contributed by atoms with Crippen molar-refractivity contribution in [1.82, 2.24) is 4.98 Å². The number of unbranched alkanes of at least 4 members (excludes halogenated alkanes) is 24. The Kier molecular flexibility index (Phi) is 24.8. The maximum absolute atomic E-state index is 3.56. The van der Waals surface area contributed by atoms with Gasteiger partial charge in [-0.3, -0.25) is 0 Å². The third kappa shape index (κ3) is 20.8. The average molecular weight is 518 g/mol. The van der Waals surface area contributed by atoms with Crippen LogP contribution < -0.4 is 4.57 Å². The molecular formula is C35H69N2+. The van der Waals surface area contributed by atoms with Gasteiger partial charge < -0.3 is 0 Å². The van der Waals surface area contributed by atoms with Gasteiger partial charge in [0.15, 0.2) is 0 Å². The average Bonchev–Trinajstić information content (AvgIpc) is 3.33. The summed E-state index contributed by atoms with van der Waals surface area (Å²) in [6, 6.07) is 0. The zero-order chi connectivity index (χ0) is 26.7. The second-order valence-corrected chi connectivity index (χ2v) is 12.2. The zero-order valence-electron chi connectivity index (χ0n) is 26.0. The third-order valence-corrected chi connectivity index (χ3v) is 8.61. The number of aromatic nitrogens is 2. The third-order valence-electron chi connectivity index (χ3n) is 8.61. The SMILES string of the molecule is CCCCCCCCCCCCCCCC[C@H](CCCCCCCCCCCCCC)c1[nH]cc[n+]1C. The minimum atomic E-state index is 0.723. The van der Waals surface area contributed by atoms with E-state index in [2.05, 4.69) is 42.8 Å². The van der Waals surface area contributed by atoms with Crippen LogP contribution in [0.15, 0.2) is 12.4 Å². The molecule has 0 aromatic carbocycles. The van der Waals surface area contributed by atoms with E-state index in [0.29, 0.717) is 0 Å². The Balaban J connectivity index is 2.02. The topological polar surface area (TPSA) is 19.7 Å². The lowest BCUT2D eigenvalue weighted by Gasteiger charge is -2.13. The molecular weight excluding hydrogens is 448 g/mol. The Morgan fingerprint density at radius 3 is 1.05 bits per heavy atom. The van der Waals surface area contributed by atoms with Crippen molar-refractivity contribution >= 4 is 0 Å². The van der Waals surface area contributed by atoms with E-state index in [1.54, 1.807) is 0 Å². The lowest BCUT2D eigenvalue weighted by Crippen LogP contribution is -2.32. The molecule has 1 aromatic rings. The molecule has 218 valence electrons. The van der Waals surface area contributed by atoms with Crippen LogP contribution in [0.25, 0.3) is 0 Å². The fourth-order valence-electron chi connectivity index (χ4n) is 6.06. The quantitative estimate of drug-likeness (QED) is 0.0805. The summed E-state index contributed by atoms with van der Waals surface area (Å²) in [6.07, 6.45) is 44.6. The zero-order valence-corrected chi connectivity index (χ0v) is 26.0. The van der Waals surface area contributed by atoms with Crippen LogP contribution in [-0.4, -0.2) is 4.98 Å². The molecule has 0 aliphatic heterocycles. The number of aryl methyl sites for hydroxylation is 1. The number of aromatic amines is 1. The Morgan fingerprint density at radius 2 is 0.784 bits per heavy atom. The molecule has 1 aromatic heterocycles. The molecule has 0 aliphatic rings. The first kappa shape index (κ1) is 34.2. The van der Waals surface area contributed by atoms with Crippen LogP contribution in [0, 0.1) is 0 Å². The molecule has 1 N–H and O–H groups in total. The highest BCUT2D eigenvalue weighted by atomic mass is 15.0. The molecule has 2 heteroatoms. The number of hydrogen-bond donors (Lipinski definition) is 1. The molecule has 0 saturated carbocycles. The van der Waals surface area contributed by atoms with Crippen molar-refractivity contribution in [2.75, 3.05) is 0 Å². The van der Waals surface area contributed by atoms with E-state index in [1.165, 1.54) is 186 Å². The molecule has 1 heterocycles. The van der Waals surface area contributed by atoms with E-state index >= 15 is 0 Å². The predicted octanol–water partition coefficient (Wildman–Crippen LogP) is 11.9. The number of rotatable bonds is 29. The summed E-state index contributed by atoms with van der Waals surface area (Å²) < 4.78 is 2.33. The fourth-order valence-corrected chi connectivity index (χ4v) is 6.06. The van der Waals surface area contributed by atoms with Crippen LogP contribution in [-0.2, 0) is 7.05 Å². The predicted molar refractivity (Wildman–Crippen MR) is 165 cm³/mol. The van der Waals surface area contributed by atoms with Gasteiger partial charge in [-0.15, -0.1) is 0 Å². The molecule has 0 spiro atoms. The molecule has 1 atom stereocenters. The number of nitrogens with zero attached hydrogens (tertiary/aromatic N) is 1. The van der Waals surface area contributed by atoms with Crippen molar-refractivity contribution in [3.63, 3.8) is 0 Å². The molecule has 0 fully saturated rings. The number of imidazole rings is 1. The van der Waals surface area contributed by atoms with E-state index in [4.69, 9.17) is 0 Å². The second kappa shape index (κ2) is 26.8. The molecule has 0 saturated heterocycles. The lowest BCUT2D eigenvalue weighted by atomic mass is 9.93. The van der Waals surface area contributed by atoms with Crippen LogP contribution >= 0.6 is 0 Å². The molecule has 0 unspecified atom stereocenters. The van der Waals surface area contributed by atoms with E-state index in [1.807, 2.05) is 0 Å². The fraction of sp³-hybridized carbons (Fsp3) is 0.914. The molecule has 37 heavy (non-hydrogen) atoms. The van der Waals surface area contributed by atoms with E-state index in [9.17, 15) is 0 Å². The first-order valence-electron chi connectivity index (χ1n) is 17.3. The largest absolute Gasteiger partial charge is 0.257 e. The molecule has 0 amide bonds. The van der Waals surface area contributed by atoms with Crippen molar-refractivity contribution in [2.24, 2.45) is 7.05 Å². The van der Waals surface area contributed by atoms with Crippen LogP contribution in [0.4, 0.5) is 0 Å². The van der Waals surface area contributed by atoms with Crippen LogP contribution in [0.3, 0.4) is 0 Å². The van der Waals surface area contributed by atoms with Gasteiger partial charge in [-0.1, -0.05) is 181 Å². The van der Waals surface area contributed by atoms with Gasteiger partial charge in [0.1, 0.15) is 12.4 Å². The summed E-state index contributed by atoms with van der Waals surface area (Å²) in [5.41, 5.74) is 0. The smallest absolute Gasteiger partial charge is 0.247 e. The summed E-state index contributed by atoms with van der Waals surface area (Å²) in [5, 5.41) is 0. The standard InChI is InChI=1S/C35H68N2/c1-4-6-8-10-12-14-16-18-19-21-23-25-27-29-31-34(35-36-32-33-37(35)3)30-28-26-24-22-20-17-15-13-11-9-7-5-2/h32-34H,4-31H2,1-3H3/p+1/t34-/m0/s1. The molecule has 0 radical (unpaired) electrons. The summed E-state index contributed by atoms with van der Waals surface area (Å²) in [6.45, 7) is 4.61. The van der Waals surface area contributed by atoms with Crippen molar-refractivity contribution in [2.45, 2.75) is 200 Å². The highest BCUT2D eigenvalue weighted by Gasteiger charge is 2.20. The van der Waals surface area contributed by atoms with Gasteiger partial charge >= 0.3 is 0 Å². The lowest BCUT2D eigenvalue weighted by molar-refractivity contribution is -0.679. The maximum atomic E-state index is 3.56. The Labute approximate surface area is 234 Å². The Bertz CT molecular complexity index is 563.